The highest BCUT2D eigenvalue weighted by Gasteiger charge is 2.12. The Kier molecular flexibility index (Phi) is 4.41. The van der Waals surface area contributed by atoms with Crippen molar-refractivity contribution in [3.05, 3.63) is 58.4 Å². The van der Waals surface area contributed by atoms with E-state index in [-0.39, 0.29) is 16.3 Å². The molecule has 0 fully saturated rings. The lowest BCUT2D eigenvalue weighted by molar-refractivity contribution is 0.102. The molecule has 0 atom stereocenters. The summed E-state index contributed by atoms with van der Waals surface area (Å²) in [7, 11) is 1.32. The molecule has 0 aliphatic carbocycles. The number of rotatable bonds is 3. The van der Waals surface area contributed by atoms with Crippen LogP contribution in [0, 0.1) is 17.1 Å². The van der Waals surface area contributed by atoms with Gasteiger partial charge in [0.25, 0.3) is 5.91 Å². The lowest BCUT2D eigenvalue weighted by Crippen LogP contribution is -2.12. The normalized spacial score (nSPS) is 9.81. The summed E-state index contributed by atoms with van der Waals surface area (Å²) >= 11 is 5.97. The van der Waals surface area contributed by atoms with E-state index in [4.69, 9.17) is 21.6 Å². The van der Waals surface area contributed by atoms with E-state index in [0.717, 1.165) is 6.07 Å². The molecule has 0 saturated heterocycles. The molecule has 21 heavy (non-hydrogen) atoms. The molecule has 0 heterocycles. The summed E-state index contributed by atoms with van der Waals surface area (Å²) in [5.41, 5.74) is 0.985. The van der Waals surface area contributed by atoms with Crippen LogP contribution in [0.15, 0.2) is 36.4 Å². The smallest absolute Gasteiger partial charge is 0.255 e. The number of anilines is 1. The summed E-state index contributed by atoms with van der Waals surface area (Å²) < 4.78 is 18.1. The number of carbonyl (C=O) groups is 1. The van der Waals surface area contributed by atoms with E-state index in [1.165, 1.54) is 37.4 Å². The van der Waals surface area contributed by atoms with Gasteiger partial charge in [0.2, 0.25) is 0 Å². The molecule has 0 unspecified atom stereocenters. The van der Waals surface area contributed by atoms with E-state index >= 15 is 0 Å². The third kappa shape index (κ3) is 3.30. The van der Waals surface area contributed by atoms with Gasteiger partial charge in [0.15, 0.2) is 11.6 Å². The Balaban J connectivity index is 2.24. The molecule has 1 amide bonds. The van der Waals surface area contributed by atoms with Gasteiger partial charge in [0.1, 0.15) is 0 Å². The van der Waals surface area contributed by atoms with Crippen LogP contribution >= 0.6 is 11.6 Å². The molecule has 2 aromatic rings. The van der Waals surface area contributed by atoms with Crippen molar-refractivity contribution in [2.45, 2.75) is 0 Å². The number of halogens is 2. The highest BCUT2D eigenvalue weighted by Crippen LogP contribution is 2.24. The molecular weight excluding hydrogens is 295 g/mol. The van der Waals surface area contributed by atoms with E-state index in [1.807, 2.05) is 6.07 Å². The lowest BCUT2D eigenvalue weighted by Gasteiger charge is -2.09. The highest BCUT2D eigenvalue weighted by molar-refractivity contribution is 6.34. The Morgan fingerprint density at radius 2 is 2.10 bits per heavy atom. The van der Waals surface area contributed by atoms with Crippen molar-refractivity contribution in [2.75, 3.05) is 12.4 Å². The number of nitrogens with zero attached hydrogens (tertiary/aromatic N) is 1. The number of methoxy groups -OCH3 is 1. The molecule has 2 rings (SSSR count). The summed E-state index contributed by atoms with van der Waals surface area (Å²) in [6, 6.07) is 10.2. The van der Waals surface area contributed by atoms with Gasteiger partial charge >= 0.3 is 0 Å². The molecule has 0 aromatic heterocycles. The lowest BCUT2D eigenvalue weighted by atomic mass is 10.1. The number of hydrogen-bond donors (Lipinski definition) is 1. The zero-order valence-corrected chi connectivity index (χ0v) is 11.7. The molecule has 0 aliphatic heterocycles. The van der Waals surface area contributed by atoms with Gasteiger partial charge < -0.3 is 10.1 Å². The number of nitriles is 1. The predicted octanol–water partition coefficient (Wildman–Crippen LogP) is 3.61. The van der Waals surface area contributed by atoms with E-state index < -0.39 is 11.7 Å². The molecule has 1 N–H and O–H groups in total. The molecule has 0 aliphatic rings. The summed E-state index contributed by atoms with van der Waals surface area (Å²) in [6.45, 7) is 0. The quantitative estimate of drug-likeness (QED) is 0.942. The molecule has 6 heteroatoms. The van der Waals surface area contributed by atoms with Crippen molar-refractivity contribution in [3.8, 4) is 11.8 Å². The number of benzene rings is 2. The van der Waals surface area contributed by atoms with Crippen LogP contribution in [0.2, 0.25) is 5.02 Å². The molecule has 106 valence electrons. The van der Waals surface area contributed by atoms with Crippen LogP contribution in [0.25, 0.3) is 0 Å². The van der Waals surface area contributed by atoms with Gasteiger partial charge in [-0.25, -0.2) is 4.39 Å². The SMILES string of the molecule is COc1cc(C(=O)Nc2ccc(C#N)cc2Cl)ccc1F. The van der Waals surface area contributed by atoms with Crippen LogP contribution in [-0.2, 0) is 0 Å². The summed E-state index contributed by atoms with van der Waals surface area (Å²) in [4.78, 5) is 12.1. The van der Waals surface area contributed by atoms with Crippen LogP contribution in [-0.4, -0.2) is 13.0 Å². The van der Waals surface area contributed by atoms with E-state index in [2.05, 4.69) is 5.32 Å². The first kappa shape index (κ1) is 14.8. The molecule has 0 saturated carbocycles. The number of carbonyl (C=O) groups excluding carboxylic acids is 1. The van der Waals surface area contributed by atoms with Crippen molar-refractivity contribution in [2.24, 2.45) is 0 Å². The topological polar surface area (TPSA) is 62.1 Å². The Morgan fingerprint density at radius 3 is 2.71 bits per heavy atom. The first-order chi connectivity index (χ1) is 10.0. The number of ether oxygens (including phenoxy) is 1. The average molecular weight is 305 g/mol. The Labute approximate surface area is 125 Å². The Hall–Kier alpha value is -2.58. The van der Waals surface area contributed by atoms with Crippen molar-refractivity contribution >= 4 is 23.2 Å². The standard InChI is InChI=1S/C15H10ClFN2O2/c1-21-14-7-10(3-4-12(14)17)15(20)19-13-5-2-9(8-18)6-11(13)16/h2-7H,1H3,(H,19,20). The minimum Gasteiger partial charge on any atom is -0.494 e. The second-order valence-electron chi connectivity index (χ2n) is 4.11. The van der Waals surface area contributed by atoms with E-state index in [1.54, 1.807) is 0 Å². The number of amides is 1. The van der Waals surface area contributed by atoms with Gasteiger partial charge in [-0.3, -0.25) is 4.79 Å². The molecule has 0 radical (unpaired) electrons. The molecule has 0 bridgehead atoms. The zero-order chi connectivity index (χ0) is 15.4. The second-order valence-corrected chi connectivity index (χ2v) is 4.52. The molecule has 0 spiro atoms. The average Bonchev–Trinajstić information content (AvgIpc) is 2.49. The maximum absolute atomic E-state index is 13.3. The van der Waals surface area contributed by atoms with Crippen molar-refractivity contribution in [1.82, 2.24) is 0 Å². The Bertz CT molecular complexity index is 741. The van der Waals surface area contributed by atoms with Gasteiger partial charge in [0, 0.05) is 5.56 Å². The summed E-state index contributed by atoms with van der Waals surface area (Å²) in [5, 5.41) is 11.6. The molecular formula is C15H10ClFN2O2. The summed E-state index contributed by atoms with van der Waals surface area (Å²) in [6.07, 6.45) is 0. The zero-order valence-electron chi connectivity index (χ0n) is 11.0. The van der Waals surface area contributed by atoms with E-state index in [9.17, 15) is 9.18 Å². The first-order valence-electron chi connectivity index (χ1n) is 5.89. The van der Waals surface area contributed by atoms with E-state index in [0.29, 0.717) is 11.3 Å². The van der Waals surface area contributed by atoms with Gasteiger partial charge in [0.05, 0.1) is 29.5 Å². The fourth-order valence-corrected chi connectivity index (χ4v) is 1.91. The van der Waals surface area contributed by atoms with Gasteiger partial charge in [-0.2, -0.15) is 5.26 Å². The van der Waals surface area contributed by atoms with Gasteiger partial charge in [-0.15, -0.1) is 0 Å². The first-order valence-corrected chi connectivity index (χ1v) is 6.27. The van der Waals surface area contributed by atoms with Crippen LogP contribution in [0.5, 0.6) is 5.75 Å². The molecule has 2 aromatic carbocycles. The maximum atomic E-state index is 13.3. The number of hydrogen-bond acceptors (Lipinski definition) is 3. The molecule has 4 nitrogen and oxygen atoms in total. The second kappa shape index (κ2) is 6.25. The Morgan fingerprint density at radius 1 is 1.33 bits per heavy atom. The van der Waals surface area contributed by atoms with Crippen molar-refractivity contribution in [1.29, 1.82) is 5.26 Å². The van der Waals surface area contributed by atoms with Crippen LogP contribution in [0.3, 0.4) is 0 Å². The van der Waals surface area contributed by atoms with Crippen molar-refractivity contribution in [3.63, 3.8) is 0 Å². The predicted molar refractivity (Wildman–Crippen MR) is 77.1 cm³/mol. The fraction of sp³-hybridized carbons (Fsp3) is 0.0667. The largest absolute Gasteiger partial charge is 0.494 e. The van der Waals surface area contributed by atoms with Gasteiger partial charge in [-0.05, 0) is 36.4 Å². The monoisotopic (exact) mass is 304 g/mol. The van der Waals surface area contributed by atoms with Crippen LogP contribution < -0.4 is 10.1 Å². The minimum atomic E-state index is -0.551. The third-order valence-corrected chi connectivity index (χ3v) is 3.07. The fourth-order valence-electron chi connectivity index (χ4n) is 1.68. The van der Waals surface area contributed by atoms with Crippen LogP contribution in [0.1, 0.15) is 15.9 Å². The van der Waals surface area contributed by atoms with Crippen molar-refractivity contribution < 1.29 is 13.9 Å². The maximum Gasteiger partial charge on any atom is 0.255 e. The highest BCUT2D eigenvalue weighted by atomic mass is 35.5. The van der Waals surface area contributed by atoms with Crippen LogP contribution in [0.4, 0.5) is 10.1 Å². The van der Waals surface area contributed by atoms with Gasteiger partial charge in [-0.1, -0.05) is 11.6 Å². The third-order valence-electron chi connectivity index (χ3n) is 2.76. The summed E-state index contributed by atoms with van der Waals surface area (Å²) in [5.74, 6) is -1.03. The minimum absolute atomic E-state index is 0.0198. The number of nitrogens with one attached hydrogen (secondary N) is 1.